The summed E-state index contributed by atoms with van der Waals surface area (Å²) in [6.45, 7) is 2.15. The summed E-state index contributed by atoms with van der Waals surface area (Å²) < 4.78 is 0. The summed E-state index contributed by atoms with van der Waals surface area (Å²) in [5.41, 5.74) is 1.25. The molecule has 0 amide bonds. The van der Waals surface area contributed by atoms with Gasteiger partial charge in [-0.05, 0) is 30.4 Å². The van der Waals surface area contributed by atoms with Crippen LogP contribution in [0.4, 0.5) is 0 Å². The second kappa shape index (κ2) is 5.31. The summed E-state index contributed by atoms with van der Waals surface area (Å²) >= 11 is 0. The van der Waals surface area contributed by atoms with Gasteiger partial charge in [-0.15, -0.1) is 0 Å². The Morgan fingerprint density at radius 2 is 2.46 bits per heavy atom. The predicted octanol–water partition coefficient (Wildman–Crippen LogP) is 2.88. The van der Waals surface area contributed by atoms with E-state index in [0.717, 1.165) is 12.8 Å². The van der Waals surface area contributed by atoms with Crippen molar-refractivity contribution in [2.45, 2.75) is 32.1 Å². The van der Waals surface area contributed by atoms with Crippen LogP contribution in [0.25, 0.3) is 0 Å². The van der Waals surface area contributed by atoms with Crippen LogP contribution in [-0.2, 0) is 0 Å². The molecule has 2 nitrogen and oxygen atoms in total. The molecule has 0 aliphatic carbocycles. The molecule has 1 unspecified atom stereocenters. The van der Waals surface area contributed by atoms with Crippen molar-refractivity contribution in [2.24, 2.45) is 0 Å². The first-order valence-electron chi connectivity index (χ1n) is 4.65. The van der Waals surface area contributed by atoms with Gasteiger partial charge in [0.25, 0.3) is 0 Å². The molecule has 1 atom stereocenters. The van der Waals surface area contributed by atoms with E-state index in [4.69, 9.17) is 5.26 Å². The zero-order valence-electron chi connectivity index (χ0n) is 7.90. The average molecular weight is 174 g/mol. The van der Waals surface area contributed by atoms with Gasteiger partial charge >= 0.3 is 0 Å². The van der Waals surface area contributed by atoms with Crippen molar-refractivity contribution in [1.29, 1.82) is 5.26 Å². The lowest BCUT2D eigenvalue weighted by atomic mass is 9.93. The van der Waals surface area contributed by atoms with Crippen LogP contribution in [0.5, 0.6) is 0 Å². The van der Waals surface area contributed by atoms with Gasteiger partial charge < -0.3 is 0 Å². The Balaban J connectivity index is 2.63. The summed E-state index contributed by atoms with van der Waals surface area (Å²) in [6.07, 6.45) is 6.32. The molecule has 1 rings (SSSR count). The molecule has 2 heteroatoms. The first-order chi connectivity index (χ1) is 6.38. The summed E-state index contributed by atoms with van der Waals surface area (Å²) in [4.78, 5) is 4.08. The van der Waals surface area contributed by atoms with Gasteiger partial charge in [0.05, 0.1) is 6.07 Å². The van der Waals surface area contributed by atoms with E-state index in [2.05, 4.69) is 24.0 Å². The van der Waals surface area contributed by atoms with Crippen molar-refractivity contribution in [1.82, 2.24) is 4.98 Å². The molecular weight excluding hydrogens is 160 g/mol. The normalized spacial score (nSPS) is 12.0. The van der Waals surface area contributed by atoms with Crippen LogP contribution in [0.1, 0.15) is 37.7 Å². The maximum Gasteiger partial charge on any atom is 0.0621 e. The quantitative estimate of drug-likeness (QED) is 0.703. The van der Waals surface area contributed by atoms with Crippen LogP contribution in [-0.4, -0.2) is 4.98 Å². The monoisotopic (exact) mass is 174 g/mol. The molecule has 0 spiro atoms. The Bertz CT molecular complexity index is 274. The van der Waals surface area contributed by atoms with Crippen molar-refractivity contribution >= 4 is 0 Å². The molecule has 0 aliphatic rings. The number of aromatic nitrogens is 1. The van der Waals surface area contributed by atoms with Crippen LogP contribution >= 0.6 is 0 Å². The van der Waals surface area contributed by atoms with Gasteiger partial charge in [0, 0.05) is 18.8 Å². The number of nitrogens with zero attached hydrogens (tertiary/aromatic N) is 2. The smallest absolute Gasteiger partial charge is 0.0621 e. The molecular formula is C11H14N2. The Morgan fingerprint density at radius 1 is 1.62 bits per heavy atom. The third kappa shape index (κ3) is 2.87. The van der Waals surface area contributed by atoms with Crippen LogP contribution in [0.3, 0.4) is 0 Å². The van der Waals surface area contributed by atoms with Crippen molar-refractivity contribution < 1.29 is 0 Å². The van der Waals surface area contributed by atoms with E-state index < -0.39 is 0 Å². The van der Waals surface area contributed by atoms with Crippen molar-refractivity contribution in [2.75, 3.05) is 0 Å². The minimum Gasteiger partial charge on any atom is -0.264 e. The Morgan fingerprint density at radius 3 is 3.00 bits per heavy atom. The zero-order chi connectivity index (χ0) is 9.52. The summed E-state index contributed by atoms with van der Waals surface area (Å²) in [7, 11) is 0. The molecule has 1 aromatic heterocycles. The minimum absolute atomic E-state index is 0.494. The summed E-state index contributed by atoms with van der Waals surface area (Å²) in [6, 6.07) is 6.21. The number of nitriles is 1. The highest BCUT2D eigenvalue weighted by atomic mass is 14.6. The van der Waals surface area contributed by atoms with E-state index in [1.54, 1.807) is 6.20 Å². The number of pyridine rings is 1. The van der Waals surface area contributed by atoms with E-state index in [1.165, 1.54) is 5.56 Å². The highest BCUT2D eigenvalue weighted by Gasteiger charge is 2.07. The van der Waals surface area contributed by atoms with E-state index >= 15 is 0 Å². The van der Waals surface area contributed by atoms with Crippen molar-refractivity contribution in [3.8, 4) is 6.07 Å². The van der Waals surface area contributed by atoms with Gasteiger partial charge in [-0.2, -0.15) is 5.26 Å². The molecule has 0 bridgehead atoms. The molecule has 0 N–H and O–H groups in total. The molecule has 0 aromatic carbocycles. The third-order valence-electron chi connectivity index (χ3n) is 2.25. The fourth-order valence-electron chi connectivity index (χ4n) is 1.46. The second-order valence-corrected chi connectivity index (χ2v) is 3.09. The van der Waals surface area contributed by atoms with Gasteiger partial charge in [0.15, 0.2) is 0 Å². The maximum atomic E-state index is 8.49. The molecule has 1 aromatic rings. The minimum atomic E-state index is 0.494. The fraction of sp³-hybridized carbons (Fsp3) is 0.455. The SMILES string of the molecule is CCC(CCC#N)c1cccnc1. The molecule has 0 aliphatic heterocycles. The first kappa shape index (κ1) is 9.73. The standard InChI is InChI=1S/C11H14N2/c1-2-10(5-3-7-12)11-6-4-8-13-9-11/h4,6,8-10H,2-3,5H2,1H3. The Labute approximate surface area is 79.2 Å². The Hall–Kier alpha value is -1.36. The van der Waals surface area contributed by atoms with E-state index in [0.29, 0.717) is 12.3 Å². The predicted molar refractivity (Wildman–Crippen MR) is 52.1 cm³/mol. The largest absolute Gasteiger partial charge is 0.264 e. The number of rotatable bonds is 4. The van der Waals surface area contributed by atoms with Gasteiger partial charge in [-0.3, -0.25) is 4.98 Å². The fourth-order valence-corrected chi connectivity index (χ4v) is 1.46. The maximum absolute atomic E-state index is 8.49. The van der Waals surface area contributed by atoms with Crippen molar-refractivity contribution in [3.63, 3.8) is 0 Å². The number of hydrogen-bond acceptors (Lipinski definition) is 2. The highest BCUT2D eigenvalue weighted by molar-refractivity contribution is 5.14. The Kier molecular flexibility index (Phi) is 3.98. The van der Waals surface area contributed by atoms with Crippen molar-refractivity contribution in [3.05, 3.63) is 30.1 Å². The summed E-state index contributed by atoms with van der Waals surface area (Å²) in [5, 5.41) is 8.49. The zero-order valence-corrected chi connectivity index (χ0v) is 7.90. The van der Waals surface area contributed by atoms with Crippen LogP contribution < -0.4 is 0 Å². The van der Waals surface area contributed by atoms with E-state index in [1.807, 2.05) is 12.3 Å². The molecule has 68 valence electrons. The summed E-state index contributed by atoms with van der Waals surface area (Å²) in [5.74, 6) is 0.494. The molecule has 0 radical (unpaired) electrons. The molecule has 1 heterocycles. The van der Waals surface area contributed by atoms with E-state index in [-0.39, 0.29) is 0 Å². The topological polar surface area (TPSA) is 36.7 Å². The second-order valence-electron chi connectivity index (χ2n) is 3.09. The number of hydrogen-bond donors (Lipinski definition) is 0. The lowest BCUT2D eigenvalue weighted by Gasteiger charge is -2.12. The average Bonchev–Trinajstić information content (AvgIpc) is 2.21. The molecule has 0 saturated heterocycles. The van der Waals surface area contributed by atoms with Gasteiger partial charge in [-0.1, -0.05) is 13.0 Å². The van der Waals surface area contributed by atoms with Gasteiger partial charge in [0.1, 0.15) is 0 Å². The lowest BCUT2D eigenvalue weighted by molar-refractivity contribution is 0.614. The van der Waals surface area contributed by atoms with E-state index in [9.17, 15) is 0 Å². The lowest BCUT2D eigenvalue weighted by Crippen LogP contribution is -1.97. The molecule has 0 saturated carbocycles. The first-order valence-corrected chi connectivity index (χ1v) is 4.65. The van der Waals surface area contributed by atoms with Gasteiger partial charge in [-0.25, -0.2) is 0 Å². The molecule has 13 heavy (non-hydrogen) atoms. The van der Waals surface area contributed by atoms with Crippen LogP contribution in [0.15, 0.2) is 24.5 Å². The van der Waals surface area contributed by atoms with Gasteiger partial charge in [0.2, 0.25) is 0 Å². The highest BCUT2D eigenvalue weighted by Crippen LogP contribution is 2.23. The van der Waals surface area contributed by atoms with Crippen LogP contribution in [0.2, 0.25) is 0 Å². The van der Waals surface area contributed by atoms with Crippen LogP contribution in [0, 0.1) is 11.3 Å². The molecule has 0 fully saturated rings. The third-order valence-corrected chi connectivity index (χ3v) is 2.25.